The molecule has 1 saturated carbocycles. The molecule has 0 aromatic heterocycles. The Morgan fingerprint density at radius 3 is 2.39 bits per heavy atom. The van der Waals surface area contributed by atoms with E-state index in [1.54, 1.807) is 0 Å². The number of aryl methyl sites for hydroxylation is 2. The second-order valence-electron chi connectivity index (χ2n) is 5.53. The van der Waals surface area contributed by atoms with Crippen molar-refractivity contribution in [1.29, 1.82) is 0 Å². The van der Waals surface area contributed by atoms with E-state index in [4.69, 9.17) is 0 Å². The van der Waals surface area contributed by atoms with E-state index < -0.39 is 5.60 Å². The SMILES string of the molecule is CNC1CCC(O)(c2c(C)cc(C)cc2F)CC1. The van der Waals surface area contributed by atoms with Crippen LogP contribution in [0.25, 0.3) is 0 Å². The zero-order chi connectivity index (χ0) is 13.3. The highest BCUT2D eigenvalue weighted by molar-refractivity contribution is 5.36. The summed E-state index contributed by atoms with van der Waals surface area (Å²) in [5, 5.41) is 14.0. The summed E-state index contributed by atoms with van der Waals surface area (Å²) in [7, 11) is 1.94. The molecule has 0 radical (unpaired) electrons. The molecule has 0 aliphatic heterocycles. The van der Waals surface area contributed by atoms with Crippen molar-refractivity contribution in [2.45, 2.75) is 51.2 Å². The second kappa shape index (κ2) is 4.98. The van der Waals surface area contributed by atoms with Crippen molar-refractivity contribution >= 4 is 0 Å². The molecule has 2 rings (SSSR count). The van der Waals surface area contributed by atoms with Crippen molar-refractivity contribution in [2.24, 2.45) is 0 Å². The third-order valence-electron chi connectivity index (χ3n) is 4.12. The van der Waals surface area contributed by atoms with Crippen molar-refractivity contribution in [3.63, 3.8) is 0 Å². The fourth-order valence-electron chi connectivity index (χ4n) is 3.14. The van der Waals surface area contributed by atoms with Gasteiger partial charge in [-0.1, -0.05) is 6.07 Å². The summed E-state index contributed by atoms with van der Waals surface area (Å²) in [6, 6.07) is 3.91. The highest BCUT2D eigenvalue weighted by Gasteiger charge is 2.37. The van der Waals surface area contributed by atoms with Crippen LogP contribution in [0.4, 0.5) is 4.39 Å². The largest absolute Gasteiger partial charge is 0.385 e. The molecule has 0 unspecified atom stereocenters. The standard InChI is InChI=1S/C15H22FNO/c1-10-8-11(2)14(13(16)9-10)15(18)6-4-12(17-3)5-7-15/h8-9,12,17-18H,4-7H2,1-3H3. The number of hydrogen-bond acceptors (Lipinski definition) is 2. The molecule has 2 nitrogen and oxygen atoms in total. The second-order valence-corrected chi connectivity index (χ2v) is 5.53. The van der Waals surface area contributed by atoms with Gasteiger partial charge in [0.15, 0.2) is 0 Å². The molecule has 0 bridgehead atoms. The lowest BCUT2D eigenvalue weighted by Gasteiger charge is -2.37. The van der Waals surface area contributed by atoms with Crippen molar-refractivity contribution in [3.05, 3.63) is 34.6 Å². The van der Waals surface area contributed by atoms with Gasteiger partial charge in [-0.25, -0.2) is 4.39 Å². The first-order valence-corrected chi connectivity index (χ1v) is 6.63. The number of benzene rings is 1. The summed E-state index contributed by atoms with van der Waals surface area (Å²) in [5.41, 5.74) is 1.27. The topological polar surface area (TPSA) is 32.3 Å². The van der Waals surface area contributed by atoms with E-state index >= 15 is 0 Å². The van der Waals surface area contributed by atoms with Crippen molar-refractivity contribution < 1.29 is 9.50 Å². The maximum absolute atomic E-state index is 14.1. The van der Waals surface area contributed by atoms with Gasteiger partial charge in [0.05, 0.1) is 5.60 Å². The van der Waals surface area contributed by atoms with E-state index in [9.17, 15) is 9.50 Å². The zero-order valence-corrected chi connectivity index (χ0v) is 11.4. The third kappa shape index (κ3) is 2.43. The van der Waals surface area contributed by atoms with Gasteiger partial charge >= 0.3 is 0 Å². The minimum Gasteiger partial charge on any atom is -0.385 e. The molecule has 1 aliphatic carbocycles. The summed E-state index contributed by atoms with van der Waals surface area (Å²) in [5.74, 6) is -0.266. The highest BCUT2D eigenvalue weighted by Crippen LogP contribution is 2.40. The van der Waals surface area contributed by atoms with Crippen LogP contribution in [0.15, 0.2) is 12.1 Å². The Balaban J connectivity index is 2.31. The molecule has 1 aromatic carbocycles. The van der Waals surface area contributed by atoms with Crippen LogP contribution in [0, 0.1) is 19.7 Å². The number of nitrogens with one attached hydrogen (secondary N) is 1. The van der Waals surface area contributed by atoms with Gasteiger partial charge in [0.25, 0.3) is 0 Å². The van der Waals surface area contributed by atoms with Gasteiger partial charge in [-0.15, -0.1) is 0 Å². The minimum atomic E-state index is -0.991. The molecule has 18 heavy (non-hydrogen) atoms. The van der Waals surface area contributed by atoms with E-state index in [0.29, 0.717) is 24.4 Å². The normalized spacial score (nSPS) is 28.4. The molecule has 2 N–H and O–H groups in total. The first kappa shape index (κ1) is 13.5. The van der Waals surface area contributed by atoms with Gasteiger partial charge in [0.1, 0.15) is 5.82 Å². The van der Waals surface area contributed by atoms with Crippen molar-refractivity contribution in [3.8, 4) is 0 Å². The smallest absolute Gasteiger partial charge is 0.129 e. The van der Waals surface area contributed by atoms with Crippen LogP contribution < -0.4 is 5.32 Å². The number of rotatable bonds is 2. The fourth-order valence-corrected chi connectivity index (χ4v) is 3.14. The minimum absolute atomic E-state index is 0.266. The van der Waals surface area contributed by atoms with Gasteiger partial charge < -0.3 is 10.4 Å². The fraction of sp³-hybridized carbons (Fsp3) is 0.600. The van der Waals surface area contributed by atoms with Gasteiger partial charge in [0.2, 0.25) is 0 Å². The third-order valence-corrected chi connectivity index (χ3v) is 4.12. The summed E-state index contributed by atoms with van der Waals surface area (Å²) < 4.78 is 14.1. The highest BCUT2D eigenvalue weighted by atomic mass is 19.1. The van der Waals surface area contributed by atoms with E-state index in [1.165, 1.54) is 6.07 Å². The van der Waals surface area contributed by atoms with Crippen LogP contribution in [0.1, 0.15) is 42.4 Å². The Kier molecular flexibility index (Phi) is 3.74. The lowest BCUT2D eigenvalue weighted by atomic mass is 9.76. The molecule has 0 spiro atoms. The Bertz CT molecular complexity index is 413. The van der Waals surface area contributed by atoms with Crippen molar-refractivity contribution in [1.82, 2.24) is 5.32 Å². The van der Waals surface area contributed by atoms with E-state index in [-0.39, 0.29) is 5.82 Å². The first-order chi connectivity index (χ1) is 8.46. The molecule has 0 atom stereocenters. The predicted octanol–water partition coefficient (Wildman–Crippen LogP) is 2.79. The van der Waals surface area contributed by atoms with Gasteiger partial charge in [-0.05, 0) is 63.8 Å². The average Bonchev–Trinajstić information content (AvgIpc) is 2.28. The Labute approximate surface area is 108 Å². The molecule has 1 aromatic rings. The van der Waals surface area contributed by atoms with Crippen LogP contribution in [0.2, 0.25) is 0 Å². The maximum atomic E-state index is 14.1. The number of halogens is 1. The van der Waals surface area contributed by atoms with Crippen LogP contribution >= 0.6 is 0 Å². The lowest BCUT2D eigenvalue weighted by molar-refractivity contribution is -0.0112. The van der Waals surface area contributed by atoms with Crippen LogP contribution in [-0.2, 0) is 5.60 Å². The van der Waals surface area contributed by atoms with Crippen molar-refractivity contribution in [2.75, 3.05) is 7.05 Å². The predicted molar refractivity (Wildman–Crippen MR) is 71.1 cm³/mol. The Morgan fingerprint density at radius 2 is 1.89 bits per heavy atom. The lowest BCUT2D eigenvalue weighted by Crippen LogP contribution is -2.39. The molecule has 1 fully saturated rings. The molecule has 3 heteroatoms. The van der Waals surface area contributed by atoms with Crippen LogP contribution in [-0.4, -0.2) is 18.2 Å². The summed E-state index contributed by atoms with van der Waals surface area (Å²) in [6.07, 6.45) is 3.03. The average molecular weight is 251 g/mol. The molecular formula is C15H22FNO. The molecular weight excluding hydrogens is 229 g/mol. The Morgan fingerprint density at radius 1 is 1.28 bits per heavy atom. The summed E-state index contributed by atoms with van der Waals surface area (Å²) >= 11 is 0. The summed E-state index contributed by atoms with van der Waals surface area (Å²) in [6.45, 7) is 3.76. The van der Waals surface area contributed by atoms with Gasteiger partial charge in [-0.2, -0.15) is 0 Å². The van der Waals surface area contributed by atoms with Crippen LogP contribution in [0.3, 0.4) is 0 Å². The van der Waals surface area contributed by atoms with Gasteiger partial charge in [-0.3, -0.25) is 0 Å². The quantitative estimate of drug-likeness (QED) is 0.847. The van der Waals surface area contributed by atoms with E-state index in [1.807, 2.05) is 27.0 Å². The maximum Gasteiger partial charge on any atom is 0.129 e. The van der Waals surface area contributed by atoms with Gasteiger partial charge in [0, 0.05) is 11.6 Å². The molecule has 0 saturated heterocycles. The summed E-state index contributed by atoms with van der Waals surface area (Å²) in [4.78, 5) is 0. The molecule has 1 aliphatic rings. The zero-order valence-electron chi connectivity index (χ0n) is 11.4. The number of hydrogen-bond donors (Lipinski definition) is 2. The van der Waals surface area contributed by atoms with E-state index in [2.05, 4.69) is 5.32 Å². The molecule has 100 valence electrons. The van der Waals surface area contributed by atoms with E-state index in [0.717, 1.165) is 24.0 Å². The first-order valence-electron chi connectivity index (χ1n) is 6.63. The molecule has 0 heterocycles. The Hall–Kier alpha value is -0.930. The monoisotopic (exact) mass is 251 g/mol. The van der Waals surface area contributed by atoms with Crippen LogP contribution in [0.5, 0.6) is 0 Å². The number of aliphatic hydroxyl groups is 1. The molecule has 0 amide bonds.